The lowest BCUT2D eigenvalue weighted by atomic mass is 10.3. The lowest BCUT2D eigenvalue weighted by Gasteiger charge is -1.89. The van der Waals surface area contributed by atoms with Crippen molar-refractivity contribution in [2.24, 2.45) is 0 Å². The molecule has 0 saturated heterocycles. The van der Waals surface area contributed by atoms with Gasteiger partial charge in [-0.3, -0.25) is 4.57 Å². The Kier molecular flexibility index (Phi) is 1.69. The number of nitrogen functional groups attached to an aromatic ring is 1. The number of rotatable bonds is 1. The Bertz CT molecular complexity index is 598. The molecule has 74 valence electrons. The molecule has 0 aliphatic heterocycles. The third-order valence-corrected chi connectivity index (χ3v) is 3.07. The molecule has 0 fully saturated rings. The van der Waals surface area contributed by atoms with Crippen LogP contribution in [0, 0.1) is 0 Å². The Labute approximate surface area is 89.2 Å². The van der Waals surface area contributed by atoms with Gasteiger partial charge in [-0.05, 0) is 18.2 Å². The zero-order valence-electron chi connectivity index (χ0n) is 7.66. The standard InChI is InChI=1S/C9H7N5S/c10-6-1-2-7-8(3-6)15-9(13-7)14-4-11-12-5-14/h1-5H,10H2. The van der Waals surface area contributed by atoms with Crippen molar-refractivity contribution in [2.45, 2.75) is 0 Å². The summed E-state index contributed by atoms with van der Waals surface area (Å²) in [6, 6.07) is 5.67. The third-order valence-electron chi connectivity index (χ3n) is 2.04. The fourth-order valence-electron chi connectivity index (χ4n) is 1.34. The van der Waals surface area contributed by atoms with E-state index in [1.807, 2.05) is 18.2 Å². The molecule has 0 saturated carbocycles. The summed E-state index contributed by atoms with van der Waals surface area (Å²) in [7, 11) is 0. The number of nitrogens with two attached hydrogens (primary N) is 1. The third kappa shape index (κ3) is 1.35. The van der Waals surface area contributed by atoms with Crippen LogP contribution in [0.4, 0.5) is 5.69 Å². The van der Waals surface area contributed by atoms with Crippen LogP contribution < -0.4 is 5.73 Å². The van der Waals surface area contributed by atoms with Gasteiger partial charge in [0.2, 0.25) is 0 Å². The molecule has 0 radical (unpaired) electrons. The van der Waals surface area contributed by atoms with E-state index in [9.17, 15) is 0 Å². The van der Waals surface area contributed by atoms with Gasteiger partial charge in [-0.2, -0.15) is 0 Å². The molecular weight excluding hydrogens is 210 g/mol. The zero-order chi connectivity index (χ0) is 10.3. The van der Waals surface area contributed by atoms with Crippen molar-refractivity contribution < 1.29 is 0 Å². The number of hydrogen-bond acceptors (Lipinski definition) is 5. The molecule has 15 heavy (non-hydrogen) atoms. The normalized spacial score (nSPS) is 10.9. The van der Waals surface area contributed by atoms with Gasteiger partial charge in [0.1, 0.15) is 12.7 Å². The van der Waals surface area contributed by atoms with Gasteiger partial charge in [0, 0.05) is 5.69 Å². The topological polar surface area (TPSA) is 69.6 Å². The fraction of sp³-hybridized carbons (Fsp3) is 0. The van der Waals surface area contributed by atoms with E-state index < -0.39 is 0 Å². The maximum Gasteiger partial charge on any atom is 0.197 e. The molecule has 5 nitrogen and oxygen atoms in total. The van der Waals surface area contributed by atoms with Gasteiger partial charge >= 0.3 is 0 Å². The molecule has 2 heterocycles. The van der Waals surface area contributed by atoms with Crippen molar-refractivity contribution in [3.63, 3.8) is 0 Å². The fourth-order valence-corrected chi connectivity index (χ4v) is 2.29. The summed E-state index contributed by atoms with van der Waals surface area (Å²) in [4.78, 5) is 4.44. The van der Waals surface area contributed by atoms with E-state index in [0.29, 0.717) is 0 Å². The molecule has 2 N–H and O–H groups in total. The number of benzene rings is 1. The highest BCUT2D eigenvalue weighted by atomic mass is 32.1. The molecule has 0 aliphatic rings. The summed E-state index contributed by atoms with van der Waals surface area (Å²) in [5, 5.41) is 8.33. The molecule has 3 aromatic rings. The summed E-state index contributed by atoms with van der Waals surface area (Å²) >= 11 is 1.56. The largest absolute Gasteiger partial charge is 0.399 e. The minimum Gasteiger partial charge on any atom is -0.399 e. The van der Waals surface area contributed by atoms with Crippen LogP contribution in [0.15, 0.2) is 30.9 Å². The van der Waals surface area contributed by atoms with Crippen LogP contribution >= 0.6 is 11.3 Å². The van der Waals surface area contributed by atoms with Crippen LogP contribution in [-0.4, -0.2) is 19.7 Å². The summed E-state index contributed by atoms with van der Waals surface area (Å²) < 4.78 is 2.85. The molecule has 0 aliphatic carbocycles. The maximum absolute atomic E-state index is 5.70. The highest BCUT2D eigenvalue weighted by Gasteiger charge is 2.05. The van der Waals surface area contributed by atoms with Gasteiger partial charge < -0.3 is 5.73 Å². The van der Waals surface area contributed by atoms with E-state index >= 15 is 0 Å². The Balaban J connectivity index is 2.22. The Morgan fingerprint density at radius 3 is 2.80 bits per heavy atom. The minimum absolute atomic E-state index is 0.751. The molecule has 0 amide bonds. The Hall–Kier alpha value is -1.95. The van der Waals surface area contributed by atoms with Gasteiger partial charge in [-0.15, -0.1) is 10.2 Å². The Morgan fingerprint density at radius 2 is 2.00 bits per heavy atom. The average Bonchev–Trinajstić information content (AvgIpc) is 2.84. The minimum atomic E-state index is 0.751. The van der Waals surface area contributed by atoms with E-state index in [4.69, 9.17) is 5.73 Å². The summed E-state index contributed by atoms with van der Waals surface area (Å²) in [6.07, 6.45) is 3.25. The Morgan fingerprint density at radius 1 is 1.20 bits per heavy atom. The summed E-state index contributed by atoms with van der Waals surface area (Å²) in [5.41, 5.74) is 7.39. The predicted molar refractivity (Wildman–Crippen MR) is 58.9 cm³/mol. The second kappa shape index (κ2) is 3.03. The van der Waals surface area contributed by atoms with Crippen LogP contribution in [0.3, 0.4) is 0 Å². The first-order valence-electron chi connectivity index (χ1n) is 4.34. The van der Waals surface area contributed by atoms with Crippen molar-refractivity contribution >= 4 is 27.2 Å². The monoisotopic (exact) mass is 217 g/mol. The van der Waals surface area contributed by atoms with Crippen LogP contribution in [0.2, 0.25) is 0 Å². The number of anilines is 1. The van der Waals surface area contributed by atoms with Gasteiger partial charge in [0.15, 0.2) is 5.13 Å². The highest BCUT2D eigenvalue weighted by molar-refractivity contribution is 7.20. The van der Waals surface area contributed by atoms with Crippen molar-refractivity contribution in [3.8, 4) is 5.13 Å². The SMILES string of the molecule is Nc1ccc2nc(-n3cnnc3)sc2c1. The number of hydrogen-bond donors (Lipinski definition) is 1. The van der Waals surface area contributed by atoms with Crippen molar-refractivity contribution in [2.75, 3.05) is 5.73 Å². The molecule has 0 atom stereocenters. The van der Waals surface area contributed by atoms with E-state index in [-0.39, 0.29) is 0 Å². The predicted octanol–water partition coefficient (Wildman–Crippen LogP) is 1.46. The van der Waals surface area contributed by atoms with Crippen LogP contribution in [0.5, 0.6) is 0 Å². The first-order chi connectivity index (χ1) is 7.33. The van der Waals surface area contributed by atoms with Crippen molar-refractivity contribution in [3.05, 3.63) is 30.9 Å². The van der Waals surface area contributed by atoms with Crippen molar-refractivity contribution in [1.29, 1.82) is 0 Å². The van der Waals surface area contributed by atoms with E-state index in [2.05, 4.69) is 15.2 Å². The average molecular weight is 217 g/mol. The molecule has 2 aromatic heterocycles. The van der Waals surface area contributed by atoms with E-state index in [1.165, 1.54) is 0 Å². The molecule has 0 unspecified atom stereocenters. The highest BCUT2D eigenvalue weighted by Crippen LogP contribution is 2.26. The molecular formula is C9H7N5S. The van der Waals surface area contributed by atoms with Crippen LogP contribution in [-0.2, 0) is 0 Å². The molecule has 6 heteroatoms. The van der Waals surface area contributed by atoms with Gasteiger partial charge in [-0.25, -0.2) is 4.98 Å². The molecule has 0 bridgehead atoms. The number of fused-ring (bicyclic) bond motifs is 1. The van der Waals surface area contributed by atoms with Crippen LogP contribution in [0.1, 0.15) is 0 Å². The quantitative estimate of drug-likeness (QED) is 0.626. The lowest BCUT2D eigenvalue weighted by Crippen LogP contribution is -1.87. The van der Waals surface area contributed by atoms with E-state index in [0.717, 1.165) is 21.0 Å². The molecule has 3 rings (SSSR count). The smallest absolute Gasteiger partial charge is 0.197 e. The van der Waals surface area contributed by atoms with Gasteiger partial charge in [0.05, 0.1) is 10.2 Å². The summed E-state index contributed by atoms with van der Waals surface area (Å²) in [5.74, 6) is 0. The first kappa shape index (κ1) is 8.37. The van der Waals surface area contributed by atoms with Gasteiger partial charge in [0.25, 0.3) is 0 Å². The number of aromatic nitrogens is 4. The van der Waals surface area contributed by atoms with Crippen LogP contribution in [0.25, 0.3) is 15.3 Å². The van der Waals surface area contributed by atoms with Gasteiger partial charge in [-0.1, -0.05) is 11.3 Å². The number of nitrogens with zero attached hydrogens (tertiary/aromatic N) is 4. The summed E-state index contributed by atoms with van der Waals surface area (Å²) in [6.45, 7) is 0. The second-order valence-electron chi connectivity index (χ2n) is 3.09. The molecule has 1 aromatic carbocycles. The maximum atomic E-state index is 5.70. The zero-order valence-corrected chi connectivity index (χ0v) is 8.48. The molecule has 0 spiro atoms. The van der Waals surface area contributed by atoms with Crippen molar-refractivity contribution in [1.82, 2.24) is 19.7 Å². The first-order valence-corrected chi connectivity index (χ1v) is 5.16. The van der Waals surface area contributed by atoms with E-state index in [1.54, 1.807) is 28.6 Å². The lowest BCUT2D eigenvalue weighted by molar-refractivity contribution is 1.04. The second-order valence-corrected chi connectivity index (χ2v) is 4.10. The number of thiazole rings is 1.